The summed E-state index contributed by atoms with van der Waals surface area (Å²) >= 11 is 7.48. The maximum absolute atomic E-state index is 5.88. The van der Waals surface area contributed by atoms with Crippen LogP contribution >= 0.6 is 22.9 Å². The number of nitrogens with two attached hydrogens (primary N) is 1. The minimum absolute atomic E-state index is 0.385. The summed E-state index contributed by atoms with van der Waals surface area (Å²) < 4.78 is 0. The number of anilines is 3. The van der Waals surface area contributed by atoms with Gasteiger partial charge in [-0.2, -0.15) is 4.98 Å². The molecule has 0 aliphatic rings. The molecule has 3 rings (SSSR count). The lowest BCUT2D eigenvalue weighted by Gasteiger charge is -2.08. The predicted octanol–water partition coefficient (Wildman–Crippen LogP) is 3.68. The van der Waals surface area contributed by atoms with Crippen molar-refractivity contribution in [2.75, 3.05) is 10.7 Å². The van der Waals surface area contributed by atoms with Crippen molar-refractivity contribution in [1.29, 1.82) is 0 Å². The van der Waals surface area contributed by atoms with E-state index in [1.807, 2.05) is 31.2 Å². The van der Waals surface area contributed by atoms with Gasteiger partial charge in [0.2, 0.25) is 5.95 Å². The first-order valence-corrected chi connectivity index (χ1v) is 7.12. The molecule has 1 aromatic carbocycles. The maximum atomic E-state index is 5.88. The summed E-state index contributed by atoms with van der Waals surface area (Å²) in [6.45, 7) is 2.04. The Balaban J connectivity index is 2.06. The molecule has 3 aromatic rings. The van der Waals surface area contributed by atoms with Crippen LogP contribution in [0.1, 0.15) is 4.88 Å². The molecular weight excluding hydrogens is 294 g/mol. The minimum Gasteiger partial charge on any atom is -0.340 e. The summed E-state index contributed by atoms with van der Waals surface area (Å²) in [6, 6.07) is 9.49. The number of nitrogen functional groups attached to an aromatic ring is 1. The van der Waals surface area contributed by atoms with E-state index in [1.165, 1.54) is 4.88 Å². The molecule has 0 atom stereocenters. The van der Waals surface area contributed by atoms with Crippen molar-refractivity contribution in [1.82, 2.24) is 9.97 Å². The zero-order chi connectivity index (χ0) is 14.1. The Labute approximate surface area is 124 Å². The Morgan fingerprint density at radius 2 is 1.95 bits per heavy atom. The second kappa shape index (κ2) is 5.24. The minimum atomic E-state index is 0.385. The lowest BCUT2D eigenvalue weighted by Crippen LogP contribution is -2.11. The van der Waals surface area contributed by atoms with Crippen molar-refractivity contribution in [2.24, 2.45) is 5.84 Å². The Morgan fingerprint density at radius 1 is 1.20 bits per heavy atom. The lowest BCUT2D eigenvalue weighted by atomic mass is 10.3. The summed E-state index contributed by atoms with van der Waals surface area (Å²) in [6.07, 6.45) is 0. The third-order valence-electron chi connectivity index (χ3n) is 2.75. The molecule has 0 unspecified atom stereocenters. The van der Waals surface area contributed by atoms with Crippen molar-refractivity contribution in [3.05, 3.63) is 40.2 Å². The highest BCUT2D eigenvalue weighted by Gasteiger charge is 2.10. The second-order valence-corrected chi connectivity index (χ2v) is 5.92. The highest BCUT2D eigenvalue weighted by molar-refractivity contribution is 7.18. The fourth-order valence-corrected chi connectivity index (χ4v) is 2.88. The van der Waals surface area contributed by atoms with Crippen molar-refractivity contribution < 1.29 is 0 Å². The Kier molecular flexibility index (Phi) is 3.43. The van der Waals surface area contributed by atoms with Gasteiger partial charge in [0.05, 0.1) is 5.39 Å². The topological polar surface area (TPSA) is 75.9 Å². The van der Waals surface area contributed by atoms with Gasteiger partial charge in [-0.3, -0.25) is 5.43 Å². The molecule has 0 amide bonds. The van der Waals surface area contributed by atoms with Gasteiger partial charge >= 0.3 is 0 Å². The molecule has 0 spiro atoms. The summed E-state index contributed by atoms with van der Waals surface area (Å²) in [5.41, 5.74) is 3.39. The normalized spacial score (nSPS) is 10.8. The van der Waals surface area contributed by atoms with Crippen molar-refractivity contribution in [3.8, 4) is 0 Å². The summed E-state index contributed by atoms with van der Waals surface area (Å²) in [5, 5.41) is 4.93. The van der Waals surface area contributed by atoms with E-state index in [1.54, 1.807) is 11.3 Å². The van der Waals surface area contributed by atoms with E-state index < -0.39 is 0 Å². The molecule has 0 saturated heterocycles. The molecule has 0 aliphatic heterocycles. The van der Waals surface area contributed by atoms with Gasteiger partial charge < -0.3 is 5.32 Å². The van der Waals surface area contributed by atoms with Crippen LogP contribution in [0, 0.1) is 6.92 Å². The lowest BCUT2D eigenvalue weighted by molar-refractivity contribution is 1.16. The van der Waals surface area contributed by atoms with Crippen molar-refractivity contribution in [2.45, 2.75) is 6.92 Å². The largest absolute Gasteiger partial charge is 0.340 e. The summed E-state index contributed by atoms with van der Waals surface area (Å²) in [4.78, 5) is 10.8. The van der Waals surface area contributed by atoms with Crippen molar-refractivity contribution >= 4 is 50.6 Å². The number of nitrogens with one attached hydrogen (secondary N) is 2. The zero-order valence-electron chi connectivity index (χ0n) is 10.6. The first-order valence-electron chi connectivity index (χ1n) is 5.93. The van der Waals surface area contributed by atoms with Crippen LogP contribution in [0.25, 0.3) is 10.2 Å². The molecule has 20 heavy (non-hydrogen) atoms. The first-order chi connectivity index (χ1) is 9.65. The number of nitrogens with zero attached hydrogens (tertiary/aromatic N) is 2. The van der Waals surface area contributed by atoms with Gasteiger partial charge in [0.15, 0.2) is 0 Å². The monoisotopic (exact) mass is 305 g/mol. The summed E-state index contributed by atoms with van der Waals surface area (Å²) in [5.74, 6) is 6.52. The molecule has 5 nitrogen and oxygen atoms in total. The van der Waals surface area contributed by atoms with Gasteiger partial charge in [0.25, 0.3) is 0 Å². The number of benzene rings is 1. The van der Waals surface area contributed by atoms with E-state index in [-0.39, 0.29) is 0 Å². The van der Waals surface area contributed by atoms with Gasteiger partial charge in [0, 0.05) is 15.6 Å². The quantitative estimate of drug-likeness (QED) is 0.508. The van der Waals surface area contributed by atoms with E-state index in [4.69, 9.17) is 17.4 Å². The molecule has 0 aliphatic carbocycles. The zero-order valence-corrected chi connectivity index (χ0v) is 12.2. The fourth-order valence-electron chi connectivity index (χ4n) is 1.87. The van der Waals surface area contributed by atoms with Gasteiger partial charge in [-0.25, -0.2) is 10.8 Å². The first kappa shape index (κ1) is 13.1. The maximum Gasteiger partial charge on any atom is 0.240 e. The average Bonchev–Trinajstić information content (AvgIpc) is 2.81. The van der Waals surface area contributed by atoms with Gasteiger partial charge in [-0.1, -0.05) is 11.6 Å². The number of aryl methyl sites for hydroxylation is 1. The van der Waals surface area contributed by atoms with Crippen molar-refractivity contribution in [3.63, 3.8) is 0 Å². The molecule has 0 saturated carbocycles. The van der Waals surface area contributed by atoms with E-state index in [0.29, 0.717) is 11.0 Å². The van der Waals surface area contributed by atoms with Crippen LogP contribution in [0.3, 0.4) is 0 Å². The molecule has 0 radical (unpaired) electrons. The van der Waals surface area contributed by atoms with Crippen LogP contribution in [0.5, 0.6) is 0 Å². The van der Waals surface area contributed by atoms with Crippen LogP contribution < -0.4 is 16.6 Å². The van der Waals surface area contributed by atoms with Gasteiger partial charge in [-0.15, -0.1) is 11.3 Å². The van der Waals surface area contributed by atoms with Crippen LogP contribution in [0.15, 0.2) is 30.3 Å². The Hall–Kier alpha value is -1.89. The van der Waals surface area contributed by atoms with Crippen LogP contribution in [-0.4, -0.2) is 9.97 Å². The highest BCUT2D eigenvalue weighted by Crippen LogP contribution is 2.31. The number of rotatable bonds is 3. The van der Waals surface area contributed by atoms with Crippen LogP contribution in [-0.2, 0) is 0 Å². The predicted molar refractivity (Wildman–Crippen MR) is 84.7 cm³/mol. The van der Waals surface area contributed by atoms with Gasteiger partial charge in [-0.05, 0) is 37.3 Å². The highest BCUT2D eigenvalue weighted by atomic mass is 35.5. The number of thiophene rings is 1. The van der Waals surface area contributed by atoms with Crippen LogP contribution in [0.2, 0.25) is 5.02 Å². The van der Waals surface area contributed by atoms with E-state index in [2.05, 4.69) is 26.8 Å². The molecular formula is C13H12ClN5S. The number of fused-ring (bicyclic) bond motifs is 1. The third kappa shape index (κ3) is 2.53. The summed E-state index contributed by atoms with van der Waals surface area (Å²) in [7, 11) is 0. The Bertz CT molecular complexity index is 753. The molecule has 0 fully saturated rings. The molecule has 4 N–H and O–H groups in total. The average molecular weight is 306 g/mol. The smallest absolute Gasteiger partial charge is 0.240 e. The number of hydrogen-bond acceptors (Lipinski definition) is 6. The molecule has 2 heterocycles. The molecule has 7 heteroatoms. The van der Waals surface area contributed by atoms with Crippen LogP contribution in [0.4, 0.5) is 17.5 Å². The van der Waals surface area contributed by atoms with Gasteiger partial charge in [0.1, 0.15) is 10.6 Å². The Morgan fingerprint density at radius 3 is 2.65 bits per heavy atom. The third-order valence-corrected chi connectivity index (χ3v) is 3.95. The second-order valence-electron chi connectivity index (χ2n) is 4.25. The number of hydrazine groups is 1. The number of aromatic nitrogens is 2. The van der Waals surface area contributed by atoms with E-state index in [0.717, 1.165) is 21.7 Å². The molecule has 2 aromatic heterocycles. The fraction of sp³-hybridized carbons (Fsp3) is 0.0769. The molecule has 102 valence electrons. The molecule has 0 bridgehead atoms. The van der Waals surface area contributed by atoms with E-state index >= 15 is 0 Å². The number of hydrogen-bond donors (Lipinski definition) is 3. The SMILES string of the molecule is Cc1cc2c(Nc3ccc(Cl)cc3)nc(NN)nc2s1. The van der Waals surface area contributed by atoms with E-state index in [9.17, 15) is 0 Å². The number of halogens is 1. The standard InChI is InChI=1S/C13H12ClN5S/c1-7-6-10-11(16-9-4-2-8(14)3-5-9)17-13(19-15)18-12(10)20-7/h2-6H,15H2,1H3,(H2,16,17,18,19).